The smallest absolute Gasteiger partial charge is 0.373 e. The van der Waals surface area contributed by atoms with E-state index in [0.29, 0.717) is 0 Å². The number of carbonyl (C=O) groups excluding carboxylic acids is 3. The average molecular weight is 393 g/mol. The molecule has 0 saturated carbocycles. The predicted molar refractivity (Wildman–Crippen MR) is 93.4 cm³/mol. The Hall–Kier alpha value is -3.69. The molecule has 0 saturated heterocycles. The van der Waals surface area contributed by atoms with Crippen molar-refractivity contribution in [1.29, 1.82) is 0 Å². The van der Waals surface area contributed by atoms with Gasteiger partial charge in [0.1, 0.15) is 12.4 Å². The summed E-state index contributed by atoms with van der Waals surface area (Å²) in [6, 6.07) is 5.62. The molecule has 0 bridgehead atoms. The first kappa shape index (κ1) is 20.6. The molecule has 0 aliphatic rings. The number of amides is 1. The van der Waals surface area contributed by atoms with Crippen LogP contribution in [-0.4, -0.2) is 45.8 Å². The van der Waals surface area contributed by atoms with Crippen molar-refractivity contribution in [2.45, 2.75) is 6.61 Å². The highest BCUT2D eigenvalue weighted by Gasteiger charge is 2.20. The molecule has 150 valence electrons. The number of ether oxygens (including phenoxy) is 5. The van der Waals surface area contributed by atoms with E-state index in [2.05, 4.69) is 4.74 Å². The molecular weight excluding hydrogens is 374 g/mol. The third-order valence-corrected chi connectivity index (χ3v) is 3.45. The number of primary amides is 1. The molecule has 10 heteroatoms. The summed E-state index contributed by atoms with van der Waals surface area (Å²) in [6.45, 7) is -0.599. The van der Waals surface area contributed by atoms with Crippen LogP contribution >= 0.6 is 0 Å². The number of carbonyl (C=O) groups is 3. The number of furan rings is 1. The van der Waals surface area contributed by atoms with E-state index in [0.717, 1.165) is 0 Å². The van der Waals surface area contributed by atoms with Crippen LogP contribution in [-0.2, 0) is 20.9 Å². The number of esters is 2. The molecular formula is C18H19NO9. The molecule has 1 amide bonds. The topological polar surface area (TPSA) is 137 Å². The third-order valence-electron chi connectivity index (χ3n) is 3.45. The Morgan fingerprint density at radius 2 is 1.64 bits per heavy atom. The minimum atomic E-state index is -0.700. The Balaban J connectivity index is 2.15. The minimum absolute atomic E-state index is 0.00663. The summed E-state index contributed by atoms with van der Waals surface area (Å²) in [6.07, 6.45) is 0. The van der Waals surface area contributed by atoms with Crippen molar-refractivity contribution in [3.8, 4) is 17.2 Å². The zero-order chi connectivity index (χ0) is 20.7. The molecule has 0 aliphatic heterocycles. The van der Waals surface area contributed by atoms with Crippen LogP contribution in [0.3, 0.4) is 0 Å². The summed E-state index contributed by atoms with van der Waals surface area (Å²) in [5.74, 6) is -1.35. The average Bonchev–Trinajstić information content (AvgIpc) is 3.18. The van der Waals surface area contributed by atoms with Gasteiger partial charge >= 0.3 is 11.9 Å². The van der Waals surface area contributed by atoms with Gasteiger partial charge in [0.15, 0.2) is 18.1 Å². The molecule has 2 N–H and O–H groups in total. The molecule has 2 aromatic rings. The number of hydrogen-bond acceptors (Lipinski definition) is 9. The first-order valence-corrected chi connectivity index (χ1v) is 7.90. The van der Waals surface area contributed by atoms with Gasteiger partial charge in [-0.05, 0) is 24.3 Å². The van der Waals surface area contributed by atoms with Gasteiger partial charge in [-0.15, -0.1) is 0 Å². The third kappa shape index (κ3) is 4.93. The van der Waals surface area contributed by atoms with Gasteiger partial charge in [0.05, 0.1) is 26.9 Å². The van der Waals surface area contributed by atoms with Crippen molar-refractivity contribution in [3.63, 3.8) is 0 Å². The lowest BCUT2D eigenvalue weighted by Gasteiger charge is -2.15. The van der Waals surface area contributed by atoms with Crippen LogP contribution < -0.4 is 19.9 Å². The molecule has 0 aliphatic carbocycles. The Labute approximate surface area is 160 Å². The maximum Gasteiger partial charge on any atom is 0.373 e. The fourth-order valence-corrected chi connectivity index (χ4v) is 2.17. The van der Waals surface area contributed by atoms with Crippen molar-refractivity contribution in [2.24, 2.45) is 5.73 Å². The monoisotopic (exact) mass is 393 g/mol. The molecule has 2 rings (SSSR count). The maximum absolute atomic E-state index is 12.3. The molecule has 1 aromatic heterocycles. The second-order valence-corrected chi connectivity index (χ2v) is 5.30. The van der Waals surface area contributed by atoms with Gasteiger partial charge in [-0.3, -0.25) is 4.79 Å². The van der Waals surface area contributed by atoms with Crippen molar-refractivity contribution in [3.05, 3.63) is 41.3 Å². The van der Waals surface area contributed by atoms with Gasteiger partial charge in [0, 0.05) is 0 Å². The largest absolute Gasteiger partial charge is 0.493 e. The number of nitrogens with two attached hydrogens (primary N) is 1. The molecule has 1 aromatic carbocycles. The summed E-state index contributed by atoms with van der Waals surface area (Å²) in [4.78, 5) is 34.6. The van der Waals surface area contributed by atoms with E-state index in [-0.39, 0.29) is 40.9 Å². The summed E-state index contributed by atoms with van der Waals surface area (Å²) >= 11 is 0. The van der Waals surface area contributed by atoms with E-state index < -0.39 is 24.5 Å². The molecule has 0 radical (unpaired) electrons. The van der Waals surface area contributed by atoms with Crippen LogP contribution in [0.4, 0.5) is 0 Å². The lowest BCUT2D eigenvalue weighted by atomic mass is 10.2. The van der Waals surface area contributed by atoms with E-state index in [1.165, 1.54) is 45.6 Å². The Kier molecular flexibility index (Phi) is 6.85. The van der Waals surface area contributed by atoms with Crippen LogP contribution in [0, 0.1) is 0 Å². The summed E-state index contributed by atoms with van der Waals surface area (Å²) in [7, 11) is 3.94. The summed E-state index contributed by atoms with van der Waals surface area (Å²) < 4.78 is 30.6. The van der Waals surface area contributed by atoms with E-state index >= 15 is 0 Å². The van der Waals surface area contributed by atoms with Gasteiger partial charge in [0.25, 0.3) is 5.91 Å². The van der Waals surface area contributed by atoms with Crippen molar-refractivity contribution < 1.29 is 42.5 Å². The first-order chi connectivity index (χ1) is 13.4. The standard InChI is InChI=1S/C18H19NO9/c1-23-13-6-10(7-14(24-2)16(13)26-9-15(19)20)17(21)27-8-11-4-5-12(28-11)18(22)25-3/h4-7H,8-9H2,1-3H3,(H2,19,20). The fraction of sp³-hybridized carbons (Fsp3) is 0.278. The van der Waals surface area contributed by atoms with Gasteiger partial charge < -0.3 is 33.8 Å². The quantitative estimate of drug-likeness (QED) is 0.625. The number of hydrogen-bond donors (Lipinski definition) is 1. The predicted octanol–water partition coefficient (Wildman–Crippen LogP) is 1.30. The Morgan fingerprint density at radius 1 is 1.00 bits per heavy atom. The van der Waals surface area contributed by atoms with E-state index in [9.17, 15) is 14.4 Å². The second kappa shape index (κ2) is 9.31. The van der Waals surface area contributed by atoms with E-state index in [4.69, 9.17) is 29.1 Å². The zero-order valence-electron chi connectivity index (χ0n) is 15.5. The van der Waals surface area contributed by atoms with Crippen LogP contribution in [0.25, 0.3) is 0 Å². The highest BCUT2D eigenvalue weighted by Crippen LogP contribution is 2.38. The number of rotatable bonds is 9. The van der Waals surface area contributed by atoms with E-state index in [1.807, 2.05) is 0 Å². The maximum atomic E-state index is 12.3. The first-order valence-electron chi connectivity index (χ1n) is 7.90. The Morgan fingerprint density at radius 3 is 2.18 bits per heavy atom. The van der Waals surface area contributed by atoms with Crippen LogP contribution in [0.1, 0.15) is 26.7 Å². The van der Waals surface area contributed by atoms with Crippen LogP contribution in [0.15, 0.2) is 28.7 Å². The van der Waals surface area contributed by atoms with Crippen LogP contribution in [0.2, 0.25) is 0 Å². The molecule has 0 unspecified atom stereocenters. The minimum Gasteiger partial charge on any atom is -0.493 e. The fourth-order valence-electron chi connectivity index (χ4n) is 2.17. The summed E-state index contributed by atoms with van der Waals surface area (Å²) in [5, 5.41) is 0. The second-order valence-electron chi connectivity index (χ2n) is 5.30. The molecule has 0 atom stereocenters. The molecule has 28 heavy (non-hydrogen) atoms. The lowest BCUT2D eigenvalue weighted by molar-refractivity contribution is -0.120. The molecule has 0 spiro atoms. The van der Waals surface area contributed by atoms with Crippen molar-refractivity contribution in [1.82, 2.24) is 0 Å². The SMILES string of the molecule is COC(=O)c1ccc(COC(=O)c2cc(OC)c(OCC(N)=O)c(OC)c2)o1. The molecule has 0 fully saturated rings. The van der Waals surface area contributed by atoms with Crippen molar-refractivity contribution >= 4 is 17.8 Å². The highest BCUT2D eigenvalue weighted by atomic mass is 16.6. The molecule has 10 nitrogen and oxygen atoms in total. The van der Waals surface area contributed by atoms with Crippen LogP contribution in [0.5, 0.6) is 17.2 Å². The normalized spacial score (nSPS) is 10.1. The van der Waals surface area contributed by atoms with Gasteiger partial charge in [0.2, 0.25) is 11.5 Å². The number of methoxy groups -OCH3 is 3. The lowest BCUT2D eigenvalue weighted by Crippen LogP contribution is -2.20. The van der Waals surface area contributed by atoms with Crippen molar-refractivity contribution in [2.75, 3.05) is 27.9 Å². The highest BCUT2D eigenvalue weighted by molar-refractivity contribution is 5.91. The number of benzene rings is 1. The van der Waals surface area contributed by atoms with Gasteiger partial charge in [-0.25, -0.2) is 9.59 Å². The Bertz CT molecular complexity index is 847. The molecule has 1 heterocycles. The summed E-state index contributed by atoms with van der Waals surface area (Å²) in [5.41, 5.74) is 5.18. The zero-order valence-corrected chi connectivity index (χ0v) is 15.5. The van der Waals surface area contributed by atoms with E-state index in [1.54, 1.807) is 0 Å². The van der Waals surface area contributed by atoms with Gasteiger partial charge in [-0.1, -0.05) is 0 Å². The van der Waals surface area contributed by atoms with Gasteiger partial charge in [-0.2, -0.15) is 0 Å².